The van der Waals surface area contributed by atoms with Crippen LogP contribution in [-0.4, -0.2) is 11.4 Å². The molecule has 3 N–H and O–H groups in total. The summed E-state index contributed by atoms with van der Waals surface area (Å²) in [6, 6.07) is 2.04. The molecule has 0 aromatic carbocycles. The number of rotatable bonds is 5. The molecule has 0 unspecified atom stereocenters. The highest BCUT2D eigenvalue weighted by Gasteiger charge is 1.97. The number of hydrogen-bond donors (Lipinski definition) is 2. The second kappa shape index (κ2) is 6.39. The van der Waals surface area contributed by atoms with Crippen LogP contribution in [0, 0.1) is 6.92 Å². The molecule has 0 aliphatic carbocycles. The zero-order valence-corrected chi connectivity index (χ0v) is 10.6. The first-order valence-electron chi connectivity index (χ1n) is 5.50. The third kappa shape index (κ3) is 3.90. The molecule has 0 spiro atoms. The monoisotopic (exact) mass is 243 g/mol. The van der Waals surface area contributed by atoms with Crippen LogP contribution in [0.25, 0.3) is 5.57 Å². The molecule has 0 saturated carbocycles. The summed E-state index contributed by atoms with van der Waals surface area (Å²) in [5.74, 6) is 0. The van der Waals surface area contributed by atoms with Crippen molar-refractivity contribution in [3.8, 4) is 0 Å². The van der Waals surface area contributed by atoms with Gasteiger partial charge >= 0.3 is 0 Å². The quantitative estimate of drug-likeness (QED) is 0.613. The minimum atomic E-state index is 0.386. The van der Waals surface area contributed by atoms with E-state index in [0.717, 1.165) is 16.7 Å². The first-order chi connectivity index (χ1) is 8.54. The second-order valence-corrected chi connectivity index (χ2v) is 3.96. The van der Waals surface area contributed by atoms with Gasteiger partial charge in [-0.3, -0.25) is 9.78 Å². The van der Waals surface area contributed by atoms with Crippen LogP contribution in [0.2, 0.25) is 0 Å². The number of aromatic nitrogens is 1. The molecular weight excluding hydrogens is 226 g/mol. The van der Waals surface area contributed by atoms with Crippen molar-refractivity contribution >= 4 is 12.0 Å². The highest BCUT2D eigenvalue weighted by molar-refractivity contribution is 5.65. The molecule has 0 saturated heterocycles. The topological polar surface area (TPSA) is 68.0 Å². The zero-order chi connectivity index (χ0) is 13.5. The number of nitrogens with zero attached hydrogens (tertiary/aromatic N) is 1. The van der Waals surface area contributed by atoms with Crippen LogP contribution in [0.4, 0.5) is 0 Å². The Morgan fingerprint density at radius 1 is 1.44 bits per heavy atom. The lowest BCUT2D eigenvalue weighted by atomic mass is 10.1. The van der Waals surface area contributed by atoms with E-state index < -0.39 is 0 Å². The molecule has 1 rings (SSSR count). The maximum absolute atomic E-state index is 10.2. The van der Waals surface area contributed by atoms with Gasteiger partial charge in [-0.1, -0.05) is 12.7 Å². The third-order valence-electron chi connectivity index (χ3n) is 2.42. The van der Waals surface area contributed by atoms with E-state index in [-0.39, 0.29) is 0 Å². The fourth-order valence-corrected chi connectivity index (χ4v) is 1.34. The van der Waals surface area contributed by atoms with Crippen LogP contribution in [0.3, 0.4) is 0 Å². The molecule has 1 heterocycles. The number of aryl methyl sites for hydroxylation is 1. The van der Waals surface area contributed by atoms with Gasteiger partial charge in [-0.05, 0) is 42.7 Å². The molecule has 1 aromatic heterocycles. The fourth-order valence-electron chi connectivity index (χ4n) is 1.34. The number of nitrogens with one attached hydrogen (secondary N) is 1. The van der Waals surface area contributed by atoms with Gasteiger partial charge in [0.25, 0.3) is 0 Å². The van der Waals surface area contributed by atoms with Crippen molar-refractivity contribution in [3.05, 3.63) is 59.7 Å². The summed E-state index contributed by atoms with van der Waals surface area (Å²) >= 11 is 0. The van der Waals surface area contributed by atoms with Crippen LogP contribution >= 0.6 is 0 Å². The molecule has 0 bridgehead atoms. The Morgan fingerprint density at radius 2 is 2.17 bits per heavy atom. The lowest BCUT2D eigenvalue weighted by Gasteiger charge is -2.03. The van der Waals surface area contributed by atoms with Crippen LogP contribution < -0.4 is 11.1 Å². The number of amides is 1. The minimum Gasteiger partial charge on any atom is -0.397 e. The summed E-state index contributed by atoms with van der Waals surface area (Å²) in [4.78, 5) is 14.4. The number of nitrogens with two attached hydrogens (primary N) is 1. The van der Waals surface area contributed by atoms with E-state index in [9.17, 15) is 4.79 Å². The summed E-state index contributed by atoms with van der Waals surface area (Å²) in [6.07, 6.45) is 7.71. The largest absolute Gasteiger partial charge is 0.397 e. The fraction of sp³-hybridized carbons (Fsp3) is 0.143. The van der Waals surface area contributed by atoms with Crippen molar-refractivity contribution < 1.29 is 4.79 Å². The van der Waals surface area contributed by atoms with Gasteiger partial charge < -0.3 is 11.1 Å². The molecule has 0 radical (unpaired) electrons. The SMILES string of the molecule is C=C(NC=O)/C(N)=C\C=C(/C)c1cncc(C)c1. The molecule has 0 atom stereocenters. The molecule has 1 aromatic rings. The number of carbonyl (C=O) groups excluding carboxylic acids is 1. The van der Waals surface area contributed by atoms with Gasteiger partial charge in [0.15, 0.2) is 0 Å². The normalized spacial score (nSPS) is 12.1. The van der Waals surface area contributed by atoms with Crippen LogP contribution in [-0.2, 0) is 4.79 Å². The molecule has 1 amide bonds. The van der Waals surface area contributed by atoms with Gasteiger partial charge in [-0.25, -0.2) is 0 Å². The Kier molecular flexibility index (Phi) is 4.87. The molecule has 94 valence electrons. The van der Waals surface area contributed by atoms with E-state index in [0.29, 0.717) is 17.8 Å². The highest BCUT2D eigenvalue weighted by atomic mass is 16.1. The van der Waals surface area contributed by atoms with Gasteiger partial charge in [0, 0.05) is 12.4 Å². The first-order valence-corrected chi connectivity index (χ1v) is 5.50. The van der Waals surface area contributed by atoms with Crippen molar-refractivity contribution in [1.29, 1.82) is 0 Å². The molecular formula is C14H17N3O. The van der Waals surface area contributed by atoms with E-state index in [2.05, 4.69) is 16.9 Å². The van der Waals surface area contributed by atoms with Crippen molar-refractivity contribution in [3.63, 3.8) is 0 Å². The summed E-state index contributed by atoms with van der Waals surface area (Å²) < 4.78 is 0. The lowest BCUT2D eigenvalue weighted by molar-refractivity contribution is -0.108. The van der Waals surface area contributed by atoms with Crippen LogP contribution in [0.5, 0.6) is 0 Å². The smallest absolute Gasteiger partial charge is 0.211 e. The van der Waals surface area contributed by atoms with E-state index in [1.807, 2.05) is 26.0 Å². The highest BCUT2D eigenvalue weighted by Crippen LogP contribution is 2.14. The van der Waals surface area contributed by atoms with Gasteiger partial charge in [-0.15, -0.1) is 0 Å². The van der Waals surface area contributed by atoms with Crippen LogP contribution in [0.15, 0.2) is 48.6 Å². The molecule has 0 aliphatic rings. The third-order valence-corrected chi connectivity index (χ3v) is 2.42. The van der Waals surface area contributed by atoms with E-state index >= 15 is 0 Å². The summed E-state index contributed by atoms with van der Waals surface area (Å²) in [7, 11) is 0. The Balaban J connectivity index is 2.87. The molecule has 0 fully saturated rings. The van der Waals surface area contributed by atoms with E-state index in [1.54, 1.807) is 18.5 Å². The lowest BCUT2D eigenvalue weighted by Crippen LogP contribution is -2.15. The number of hydrogen-bond acceptors (Lipinski definition) is 3. The molecule has 0 aliphatic heterocycles. The Morgan fingerprint density at radius 3 is 2.78 bits per heavy atom. The Bertz CT molecular complexity index is 516. The van der Waals surface area contributed by atoms with E-state index in [1.165, 1.54) is 0 Å². The first kappa shape index (κ1) is 13.7. The van der Waals surface area contributed by atoms with Gasteiger partial charge in [0.05, 0.1) is 11.4 Å². The van der Waals surface area contributed by atoms with Crippen molar-refractivity contribution in [2.24, 2.45) is 5.73 Å². The summed E-state index contributed by atoms with van der Waals surface area (Å²) in [6.45, 7) is 7.59. The average Bonchev–Trinajstić information content (AvgIpc) is 2.35. The summed E-state index contributed by atoms with van der Waals surface area (Å²) in [5.41, 5.74) is 9.72. The van der Waals surface area contributed by atoms with Gasteiger partial charge in [0.1, 0.15) is 0 Å². The van der Waals surface area contributed by atoms with Gasteiger partial charge in [-0.2, -0.15) is 0 Å². The second-order valence-electron chi connectivity index (χ2n) is 3.96. The molecule has 4 heteroatoms. The van der Waals surface area contributed by atoms with Crippen molar-refractivity contribution in [1.82, 2.24) is 10.3 Å². The standard InChI is InChI=1S/C14H17N3O/c1-10-6-13(8-16-7-10)11(2)4-5-14(15)12(3)17-9-18/h4-9H,3,15H2,1-2H3,(H,17,18)/b11-4+,14-5+. The van der Waals surface area contributed by atoms with Crippen LogP contribution in [0.1, 0.15) is 18.1 Å². The summed E-state index contributed by atoms with van der Waals surface area (Å²) in [5, 5.41) is 2.41. The number of allylic oxidation sites excluding steroid dienone is 3. The zero-order valence-electron chi connectivity index (χ0n) is 10.6. The molecule has 18 heavy (non-hydrogen) atoms. The predicted octanol–water partition coefficient (Wildman–Crippen LogP) is 1.90. The maximum atomic E-state index is 10.2. The number of carbonyl (C=O) groups is 1. The van der Waals surface area contributed by atoms with Crippen molar-refractivity contribution in [2.45, 2.75) is 13.8 Å². The Hall–Kier alpha value is -2.36. The molecule has 4 nitrogen and oxygen atoms in total. The minimum absolute atomic E-state index is 0.386. The Labute approximate surface area is 107 Å². The van der Waals surface area contributed by atoms with E-state index in [4.69, 9.17) is 5.73 Å². The maximum Gasteiger partial charge on any atom is 0.211 e. The number of pyridine rings is 1. The van der Waals surface area contributed by atoms with Gasteiger partial charge in [0.2, 0.25) is 6.41 Å². The van der Waals surface area contributed by atoms with Crippen molar-refractivity contribution in [2.75, 3.05) is 0 Å². The average molecular weight is 243 g/mol. The predicted molar refractivity (Wildman–Crippen MR) is 73.2 cm³/mol.